The molecule has 2 N–H and O–H groups in total. The summed E-state index contributed by atoms with van der Waals surface area (Å²) in [5, 5.41) is 0. The molecule has 1 saturated heterocycles. The van der Waals surface area contributed by atoms with Crippen molar-refractivity contribution in [1.82, 2.24) is 14.5 Å². The van der Waals surface area contributed by atoms with Crippen molar-refractivity contribution >= 4 is 5.91 Å². The molecule has 21 heavy (non-hydrogen) atoms. The number of likely N-dealkylation sites (tertiary alicyclic amines) is 1. The van der Waals surface area contributed by atoms with E-state index < -0.39 is 0 Å². The molecular weight excluding hydrogens is 264 g/mol. The van der Waals surface area contributed by atoms with Gasteiger partial charge >= 0.3 is 0 Å². The molecule has 5 nitrogen and oxygen atoms in total. The van der Waals surface area contributed by atoms with Crippen molar-refractivity contribution < 1.29 is 4.79 Å². The van der Waals surface area contributed by atoms with E-state index in [1.165, 1.54) is 12.8 Å². The molecule has 1 atom stereocenters. The highest BCUT2D eigenvalue weighted by atomic mass is 16.2. The number of hydrogen-bond donors (Lipinski definition) is 1. The first-order valence-electron chi connectivity index (χ1n) is 8.24. The van der Waals surface area contributed by atoms with Crippen molar-refractivity contribution in [2.75, 3.05) is 19.6 Å². The van der Waals surface area contributed by atoms with Gasteiger partial charge in [0.05, 0.1) is 12.2 Å². The summed E-state index contributed by atoms with van der Waals surface area (Å²) < 4.78 is 2.14. The lowest BCUT2D eigenvalue weighted by molar-refractivity contribution is -0.135. The number of aryl methyl sites for hydroxylation is 1. The highest BCUT2D eigenvalue weighted by molar-refractivity contribution is 5.79. The highest BCUT2D eigenvalue weighted by Crippen LogP contribution is 2.16. The molecule has 0 saturated carbocycles. The molecule has 118 valence electrons. The highest BCUT2D eigenvalue weighted by Gasteiger charge is 2.25. The number of carbonyl (C=O) groups is 1. The second-order valence-corrected chi connectivity index (χ2v) is 5.95. The SMILES string of the molecule is CCCn1cncc1CC(CN)C(=O)N1CCCCCC1. The standard InChI is InChI=1S/C16H28N4O/c1-2-7-20-13-18-12-15(20)10-14(11-17)16(21)19-8-5-3-4-6-9-19/h12-14H,2-11,17H2,1H3. The van der Waals surface area contributed by atoms with Gasteiger partial charge in [-0.1, -0.05) is 19.8 Å². The Balaban J connectivity index is 2.00. The molecule has 1 fully saturated rings. The Morgan fingerprint density at radius 1 is 1.33 bits per heavy atom. The molecule has 2 heterocycles. The molecule has 0 aliphatic carbocycles. The fourth-order valence-corrected chi connectivity index (χ4v) is 3.03. The lowest BCUT2D eigenvalue weighted by Crippen LogP contribution is -2.40. The number of carbonyl (C=O) groups excluding carboxylic acids is 1. The number of amides is 1. The van der Waals surface area contributed by atoms with Crippen molar-refractivity contribution in [3.8, 4) is 0 Å². The maximum absolute atomic E-state index is 12.7. The fraction of sp³-hybridized carbons (Fsp3) is 0.750. The zero-order valence-corrected chi connectivity index (χ0v) is 13.1. The van der Waals surface area contributed by atoms with E-state index in [1.807, 2.05) is 17.4 Å². The molecule has 2 rings (SSSR count). The molecule has 1 aliphatic rings. The van der Waals surface area contributed by atoms with Crippen LogP contribution in [0.1, 0.15) is 44.7 Å². The molecule has 0 spiro atoms. The second kappa shape index (κ2) is 8.17. The third-order valence-corrected chi connectivity index (χ3v) is 4.27. The number of rotatable bonds is 6. The number of aromatic nitrogens is 2. The zero-order valence-electron chi connectivity index (χ0n) is 13.1. The lowest BCUT2D eigenvalue weighted by atomic mass is 10.0. The van der Waals surface area contributed by atoms with Gasteiger partial charge in [-0.05, 0) is 19.3 Å². The molecule has 1 aromatic rings. The van der Waals surface area contributed by atoms with Gasteiger partial charge in [0.1, 0.15) is 0 Å². The summed E-state index contributed by atoms with van der Waals surface area (Å²) in [7, 11) is 0. The summed E-state index contributed by atoms with van der Waals surface area (Å²) in [6.07, 6.45) is 10.2. The first kappa shape index (κ1) is 16.0. The summed E-state index contributed by atoms with van der Waals surface area (Å²) in [6, 6.07) is 0. The van der Waals surface area contributed by atoms with Crippen LogP contribution in [-0.4, -0.2) is 40.0 Å². The molecule has 1 amide bonds. The van der Waals surface area contributed by atoms with Gasteiger partial charge in [-0.25, -0.2) is 4.98 Å². The van der Waals surface area contributed by atoms with Crippen molar-refractivity contribution in [2.24, 2.45) is 11.7 Å². The van der Waals surface area contributed by atoms with Gasteiger partial charge in [-0.2, -0.15) is 0 Å². The van der Waals surface area contributed by atoms with Crippen molar-refractivity contribution in [1.29, 1.82) is 0 Å². The number of imidazole rings is 1. The van der Waals surface area contributed by atoms with Crippen LogP contribution < -0.4 is 5.73 Å². The first-order chi connectivity index (χ1) is 10.3. The van der Waals surface area contributed by atoms with Crippen LogP contribution in [0.25, 0.3) is 0 Å². The quantitative estimate of drug-likeness (QED) is 0.869. The molecule has 1 aliphatic heterocycles. The fourth-order valence-electron chi connectivity index (χ4n) is 3.03. The first-order valence-corrected chi connectivity index (χ1v) is 8.24. The molecule has 1 unspecified atom stereocenters. The summed E-state index contributed by atoms with van der Waals surface area (Å²) in [4.78, 5) is 18.9. The van der Waals surface area contributed by atoms with E-state index in [4.69, 9.17) is 5.73 Å². The number of nitrogens with zero attached hydrogens (tertiary/aromatic N) is 3. The average molecular weight is 292 g/mol. The van der Waals surface area contributed by atoms with Crippen LogP contribution >= 0.6 is 0 Å². The van der Waals surface area contributed by atoms with E-state index in [1.54, 1.807) is 0 Å². The van der Waals surface area contributed by atoms with Gasteiger partial charge in [0.15, 0.2) is 0 Å². The molecule has 1 aromatic heterocycles. The van der Waals surface area contributed by atoms with Gasteiger partial charge in [0.2, 0.25) is 5.91 Å². The molecular formula is C16H28N4O. The minimum absolute atomic E-state index is 0.115. The summed E-state index contributed by atoms with van der Waals surface area (Å²) in [6.45, 7) is 5.29. The van der Waals surface area contributed by atoms with Crippen LogP contribution in [0.3, 0.4) is 0 Å². The Labute approximate surface area is 127 Å². The molecule has 0 radical (unpaired) electrons. The summed E-state index contributed by atoms with van der Waals surface area (Å²) in [5.41, 5.74) is 7.00. The third kappa shape index (κ3) is 4.30. The lowest BCUT2D eigenvalue weighted by Gasteiger charge is -2.25. The minimum Gasteiger partial charge on any atom is -0.342 e. The topological polar surface area (TPSA) is 64.2 Å². The predicted octanol–water partition coefficient (Wildman–Crippen LogP) is 1.81. The van der Waals surface area contributed by atoms with E-state index in [2.05, 4.69) is 16.5 Å². The van der Waals surface area contributed by atoms with Crippen molar-refractivity contribution in [3.05, 3.63) is 18.2 Å². The van der Waals surface area contributed by atoms with Gasteiger partial charge in [0, 0.05) is 44.5 Å². The van der Waals surface area contributed by atoms with Crippen molar-refractivity contribution in [3.63, 3.8) is 0 Å². The Morgan fingerprint density at radius 2 is 2.05 bits per heavy atom. The number of nitrogens with two attached hydrogens (primary N) is 1. The largest absolute Gasteiger partial charge is 0.342 e. The Hall–Kier alpha value is -1.36. The van der Waals surface area contributed by atoms with Crippen LogP contribution in [0.4, 0.5) is 0 Å². The maximum Gasteiger partial charge on any atom is 0.227 e. The van der Waals surface area contributed by atoms with E-state index in [-0.39, 0.29) is 11.8 Å². The van der Waals surface area contributed by atoms with E-state index in [0.717, 1.165) is 44.6 Å². The number of hydrogen-bond acceptors (Lipinski definition) is 3. The van der Waals surface area contributed by atoms with Crippen LogP contribution in [0.15, 0.2) is 12.5 Å². The van der Waals surface area contributed by atoms with Gasteiger partial charge in [0.25, 0.3) is 0 Å². The normalized spacial score (nSPS) is 17.5. The van der Waals surface area contributed by atoms with Crippen LogP contribution in [0, 0.1) is 5.92 Å². The van der Waals surface area contributed by atoms with E-state index >= 15 is 0 Å². The average Bonchev–Trinajstić information content (AvgIpc) is 2.76. The van der Waals surface area contributed by atoms with Crippen LogP contribution in [0.2, 0.25) is 0 Å². The van der Waals surface area contributed by atoms with Crippen LogP contribution in [-0.2, 0) is 17.8 Å². The predicted molar refractivity (Wildman–Crippen MR) is 83.8 cm³/mol. The van der Waals surface area contributed by atoms with Crippen LogP contribution in [0.5, 0.6) is 0 Å². The second-order valence-electron chi connectivity index (χ2n) is 5.95. The molecule has 5 heteroatoms. The van der Waals surface area contributed by atoms with E-state index in [0.29, 0.717) is 13.0 Å². The Morgan fingerprint density at radius 3 is 2.67 bits per heavy atom. The Bertz CT molecular complexity index is 435. The third-order valence-electron chi connectivity index (χ3n) is 4.27. The monoisotopic (exact) mass is 292 g/mol. The minimum atomic E-state index is -0.115. The van der Waals surface area contributed by atoms with E-state index in [9.17, 15) is 4.79 Å². The summed E-state index contributed by atoms with van der Waals surface area (Å²) >= 11 is 0. The molecule has 0 bridgehead atoms. The molecule has 0 aromatic carbocycles. The summed E-state index contributed by atoms with van der Waals surface area (Å²) in [5.74, 6) is 0.110. The van der Waals surface area contributed by atoms with Crippen molar-refractivity contribution in [2.45, 2.75) is 52.0 Å². The smallest absolute Gasteiger partial charge is 0.227 e. The van der Waals surface area contributed by atoms with Gasteiger partial charge in [-0.15, -0.1) is 0 Å². The van der Waals surface area contributed by atoms with Gasteiger partial charge in [-0.3, -0.25) is 4.79 Å². The zero-order chi connectivity index (χ0) is 15.1. The van der Waals surface area contributed by atoms with Gasteiger partial charge < -0.3 is 15.2 Å². The Kier molecular flexibility index (Phi) is 6.23. The maximum atomic E-state index is 12.7.